The third kappa shape index (κ3) is 15.3. The Morgan fingerprint density at radius 1 is 1.05 bits per heavy atom. The number of carbonyl (C=O) groups is 2. The maximum absolute atomic E-state index is 11.6. The molecule has 0 radical (unpaired) electrons. The van der Waals surface area contributed by atoms with Gasteiger partial charge in [0.2, 0.25) is 12.3 Å². The first-order valence-electron chi connectivity index (χ1n) is 13.3. The summed E-state index contributed by atoms with van der Waals surface area (Å²) in [5.41, 5.74) is 9.71. The summed E-state index contributed by atoms with van der Waals surface area (Å²) < 4.78 is 33.1. The number of hydrogen-bond acceptors (Lipinski definition) is 5. The van der Waals surface area contributed by atoms with E-state index in [2.05, 4.69) is 47.3 Å². The largest absolute Gasteiger partial charge is 0.405 e. The van der Waals surface area contributed by atoms with E-state index in [1.54, 1.807) is 11.1 Å². The smallest absolute Gasteiger partial charge is 0.392 e. The first-order chi connectivity index (χ1) is 19.2. The topological polar surface area (TPSA) is 108 Å². The van der Waals surface area contributed by atoms with Crippen LogP contribution in [0.2, 0.25) is 0 Å². The molecule has 2 aromatic carbocycles. The van der Waals surface area contributed by atoms with Crippen molar-refractivity contribution in [2.75, 3.05) is 39.3 Å². The monoisotopic (exact) mass is 562 g/mol. The van der Waals surface area contributed by atoms with Gasteiger partial charge in [-0.05, 0) is 48.8 Å². The van der Waals surface area contributed by atoms with Crippen LogP contribution in [0, 0.1) is 18.8 Å². The second kappa shape index (κ2) is 19.6. The highest BCUT2D eigenvalue weighted by molar-refractivity contribution is 5.77. The minimum absolute atomic E-state index is 0.00743. The number of aliphatic hydroxyl groups is 1. The highest BCUT2D eigenvalue weighted by Crippen LogP contribution is 2.20. The number of aliphatic hydroxyl groups excluding tert-OH is 1. The molecule has 0 spiro atoms. The van der Waals surface area contributed by atoms with Crippen molar-refractivity contribution in [1.29, 1.82) is 0 Å². The molecule has 10 heteroatoms. The lowest BCUT2D eigenvalue weighted by Gasteiger charge is -2.30. The molecule has 1 fully saturated rings. The Balaban J connectivity index is 0.000000345. The van der Waals surface area contributed by atoms with Crippen LogP contribution in [-0.4, -0.2) is 73.9 Å². The van der Waals surface area contributed by atoms with Crippen molar-refractivity contribution in [3.63, 3.8) is 0 Å². The van der Waals surface area contributed by atoms with Gasteiger partial charge in [-0.15, -0.1) is 12.8 Å². The number of aryl methyl sites for hydroxylation is 2. The summed E-state index contributed by atoms with van der Waals surface area (Å²) in [4.78, 5) is 23.1. The quantitative estimate of drug-likeness (QED) is 0.278. The zero-order valence-corrected chi connectivity index (χ0v) is 22.8. The van der Waals surface area contributed by atoms with E-state index in [4.69, 9.17) is 5.73 Å². The van der Waals surface area contributed by atoms with Crippen molar-refractivity contribution in [1.82, 2.24) is 15.5 Å². The number of β-amino-alcohol motifs (C(OH)–C–C–N with tert-alkyl or cyclic N) is 1. The van der Waals surface area contributed by atoms with Crippen LogP contribution in [0.3, 0.4) is 0 Å². The van der Waals surface area contributed by atoms with Crippen LogP contribution in [0.15, 0.2) is 54.6 Å². The van der Waals surface area contributed by atoms with Gasteiger partial charge in [0.1, 0.15) is 6.54 Å². The molecule has 7 nitrogen and oxygen atoms in total. The summed E-state index contributed by atoms with van der Waals surface area (Å²) in [7, 11) is 0. The van der Waals surface area contributed by atoms with Crippen LogP contribution >= 0.6 is 0 Å². The molecule has 2 aliphatic rings. The number of carbonyl (C=O) groups excluding carboxylic acids is 2. The van der Waals surface area contributed by atoms with Gasteiger partial charge in [-0.25, -0.2) is 0 Å². The van der Waals surface area contributed by atoms with E-state index in [1.165, 1.54) is 24.6 Å². The van der Waals surface area contributed by atoms with E-state index < -0.39 is 18.8 Å². The summed E-state index contributed by atoms with van der Waals surface area (Å²) in [5.74, 6) is -0.650. The summed E-state index contributed by atoms with van der Waals surface area (Å²) in [6.45, 7) is 3.15. The number of piperazine rings is 1. The Bertz CT molecular complexity index is 973. The lowest BCUT2D eigenvalue weighted by molar-refractivity contribution is -0.132. The molecule has 4 rings (SSSR count). The van der Waals surface area contributed by atoms with Gasteiger partial charge in [0.25, 0.3) is 0 Å². The molecule has 2 amide bonds. The zero-order valence-electron chi connectivity index (χ0n) is 22.8. The van der Waals surface area contributed by atoms with E-state index in [-0.39, 0.29) is 18.2 Å². The van der Waals surface area contributed by atoms with Crippen LogP contribution in [-0.2, 0) is 28.9 Å². The van der Waals surface area contributed by atoms with Crippen LogP contribution in [0.4, 0.5) is 13.2 Å². The Labute approximate surface area is 235 Å². The van der Waals surface area contributed by atoms with Crippen molar-refractivity contribution < 1.29 is 27.9 Å². The number of terminal acetylenes is 1. The third-order valence-electron chi connectivity index (χ3n) is 6.36. The highest BCUT2D eigenvalue weighted by atomic mass is 19.4. The molecule has 220 valence electrons. The second-order valence-electron chi connectivity index (χ2n) is 9.47. The zero-order chi connectivity index (χ0) is 29.8. The maximum atomic E-state index is 11.6. The second-order valence-corrected chi connectivity index (χ2v) is 9.47. The molecule has 1 heterocycles. The van der Waals surface area contributed by atoms with Crippen LogP contribution < -0.4 is 16.4 Å². The summed E-state index contributed by atoms with van der Waals surface area (Å²) in [6.07, 6.45) is 8.19. The van der Waals surface area contributed by atoms with Gasteiger partial charge < -0.3 is 21.5 Å². The molecule has 0 saturated carbocycles. The minimum Gasteiger partial charge on any atom is -0.392 e. The minimum atomic E-state index is -4.29. The van der Waals surface area contributed by atoms with E-state index >= 15 is 0 Å². The van der Waals surface area contributed by atoms with Crippen molar-refractivity contribution in [2.24, 2.45) is 11.7 Å². The number of nitrogens with one attached hydrogen (secondary N) is 2. The van der Waals surface area contributed by atoms with Gasteiger partial charge in [-0.1, -0.05) is 54.6 Å². The standard InChI is InChI=1S/C16H25N3O2.C9H10.C3H4F3NO.C2H2/c17-16(21)14(10-13-4-2-1-3-5-13)11-15(20)12-19-8-6-18-7-9-19;1-2-5-9-7-3-6-8(9)4-1;4-3(5,6)1-7-2-8;1-2/h1-5,14-15,18,20H,6-12H2,(H2,17,21);1-2,4-5H,3,6-7H2;2H,1H2,(H,7,8);1-2H/t14?,15-;;;/m0.../s1. The van der Waals surface area contributed by atoms with E-state index in [0.29, 0.717) is 19.4 Å². The summed E-state index contributed by atoms with van der Waals surface area (Å²) in [6, 6.07) is 18.5. The predicted octanol–water partition coefficient (Wildman–Crippen LogP) is 2.71. The summed E-state index contributed by atoms with van der Waals surface area (Å²) in [5, 5.41) is 15.0. The molecule has 0 bridgehead atoms. The molecule has 5 N–H and O–H groups in total. The van der Waals surface area contributed by atoms with Gasteiger partial charge >= 0.3 is 6.18 Å². The first kappa shape index (κ1) is 34.6. The van der Waals surface area contributed by atoms with Gasteiger partial charge in [0.05, 0.1) is 6.10 Å². The lowest BCUT2D eigenvalue weighted by Crippen LogP contribution is -2.46. The number of fused-ring (bicyclic) bond motifs is 1. The highest BCUT2D eigenvalue weighted by Gasteiger charge is 2.26. The van der Waals surface area contributed by atoms with E-state index in [9.17, 15) is 27.9 Å². The number of hydrogen-bond donors (Lipinski definition) is 4. The number of benzene rings is 2. The third-order valence-corrected chi connectivity index (χ3v) is 6.36. The normalized spacial score (nSPS) is 15.8. The number of rotatable bonds is 9. The molecule has 1 unspecified atom stereocenters. The fourth-order valence-electron chi connectivity index (χ4n) is 4.47. The molecule has 1 aliphatic heterocycles. The number of primary amides is 1. The molecular formula is C30H41F3N4O3. The maximum Gasteiger partial charge on any atom is 0.405 e. The number of nitrogens with zero attached hydrogens (tertiary/aromatic N) is 1. The van der Waals surface area contributed by atoms with E-state index in [0.717, 1.165) is 31.7 Å². The SMILES string of the molecule is C#C.NC(=O)C(Cc1ccccc1)C[C@H](O)CN1CCNCC1.O=CNCC(F)(F)F.c1ccc2c(c1)CCC2. The van der Waals surface area contributed by atoms with Crippen LogP contribution in [0.25, 0.3) is 0 Å². The van der Waals surface area contributed by atoms with Crippen molar-refractivity contribution >= 4 is 12.3 Å². The molecule has 1 saturated heterocycles. The molecule has 2 aromatic rings. The Hall–Kier alpha value is -3.39. The van der Waals surface area contributed by atoms with Crippen molar-refractivity contribution in [3.05, 3.63) is 71.3 Å². The van der Waals surface area contributed by atoms with Crippen molar-refractivity contribution in [2.45, 2.75) is 44.4 Å². The van der Waals surface area contributed by atoms with Gasteiger partial charge in [-0.2, -0.15) is 13.2 Å². The number of halogens is 3. The Morgan fingerprint density at radius 2 is 1.60 bits per heavy atom. The van der Waals surface area contributed by atoms with Gasteiger partial charge in [0.15, 0.2) is 0 Å². The predicted molar refractivity (Wildman–Crippen MR) is 151 cm³/mol. The average Bonchev–Trinajstić information content (AvgIpc) is 3.43. The number of nitrogens with two attached hydrogens (primary N) is 1. The Morgan fingerprint density at radius 3 is 2.08 bits per heavy atom. The molecule has 1 aliphatic carbocycles. The van der Waals surface area contributed by atoms with Crippen LogP contribution in [0.1, 0.15) is 29.5 Å². The molecular weight excluding hydrogens is 521 g/mol. The molecule has 2 atom stereocenters. The van der Waals surface area contributed by atoms with Crippen molar-refractivity contribution in [3.8, 4) is 12.8 Å². The fraction of sp³-hybridized carbons (Fsp3) is 0.467. The van der Waals surface area contributed by atoms with Gasteiger partial charge in [0, 0.05) is 38.6 Å². The lowest BCUT2D eigenvalue weighted by atomic mass is 9.93. The Kier molecular flexibility index (Phi) is 17.0. The average molecular weight is 563 g/mol. The molecule has 40 heavy (non-hydrogen) atoms. The first-order valence-corrected chi connectivity index (χ1v) is 13.3. The van der Waals surface area contributed by atoms with E-state index in [1.807, 2.05) is 30.3 Å². The fourth-order valence-corrected chi connectivity index (χ4v) is 4.47. The van der Waals surface area contributed by atoms with Gasteiger partial charge in [-0.3, -0.25) is 14.5 Å². The van der Waals surface area contributed by atoms with Crippen LogP contribution in [0.5, 0.6) is 0 Å². The number of amides is 2. The summed E-state index contributed by atoms with van der Waals surface area (Å²) >= 11 is 0. The molecule has 0 aromatic heterocycles. The number of alkyl halides is 3.